The van der Waals surface area contributed by atoms with Crippen LogP contribution in [0.4, 0.5) is 0 Å². The van der Waals surface area contributed by atoms with Crippen LogP contribution in [0.1, 0.15) is 19.3 Å². The molecular formula is C6H12Cl2OSi. The fourth-order valence-electron chi connectivity index (χ4n) is 1.19. The molecule has 0 aromatic heterocycles. The van der Waals surface area contributed by atoms with E-state index in [1.807, 2.05) is 0 Å². The van der Waals surface area contributed by atoms with Crippen LogP contribution in [0.2, 0.25) is 0 Å². The molecule has 1 rings (SSSR count). The summed E-state index contributed by atoms with van der Waals surface area (Å²) in [4.78, 5) is 0. The van der Waals surface area contributed by atoms with Gasteiger partial charge in [0, 0.05) is 12.3 Å². The average Bonchev–Trinajstić information content (AvgIpc) is 1.88. The summed E-state index contributed by atoms with van der Waals surface area (Å²) in [5, 5.41) is 0. The smallest absolute Gasteiger partial charge is 0.0951 e. The van der Waals surface area contributed by atoms with Crippen molar-refractivity contribution in [1.29, 1.82) is 0 Å². The number of hydrogen-bond acceptors (Lipinski definition) is 1. The molecule has 1 atom stereocenters. The summed E-state index contributed by atoms with van der Waals surface area (Å²) in [6.45, 7) is 0.915. The monoisotopic (exact) mass is 198 g/mol. The maximum Gasteiger partial charge on any atom is 0.0951 e. The molecule has 0 N–H and O–H groups in total. The van der Waals surface area contributed by atoms with Crippen molar-refractivity contribution in [1.82, 2.24) is 0 Å². The third-order valence-electron chi connectivity index (χ3n) is 1.72. The fraction of sp³-hybridized carbons (Fsp3) is 1.00. The van der Waals surface area contributed by atoms with E-state index in [1.54, 1.807) is 0 Å². The van der Waals surface area contributed by atoms with E-state index in [0.29, 0.717) is 5.73 Å². The molecule has 1 aliphatic rings. The molecule has 0 radical (unpaired) electrons. The topological polar surface area (TPSA) is 9.23 Å². The van der Waals surface area contributed by atoms with E-state index >= 15 is 0 Å². The molecule has 0 amide bonds. The normalized spacial score (nSPS) is 28.5. The van der Waals surface area contributed by atoms with Crippen LogP contribution in [-0.2, 0) is 4.74 Å². The Morgan fingerprint density at radius 2 is 2.20 bits per heavy atom. The molecule has 60 valence electrons. The maximum absolute atomic E-state index is 5.66. The lowest BCUT2D eigenvalue weighted by molar-refractivity contribution is 0.0652. The van der Waals surface area contributed by atoms with Gasteiger partial charge in [0.2, 0.25) is 0 Å². The Hall–Kier alpha value is 0.757. The van der Waals surface area contributed by atoms with Gasteiger partial charge >= 0.3 is 0 Å². The van der Waals surface area contributed by atoms with Gasteiger partial charge in [0.25, 0.3) is 0 Å². The zero-order valence-corrected chi connectivity index (χ0v) is 8.78. The lowest BCUT2D eigenvalue weighted by Gasteiger charge is -2.22. The first-order chi connectivity index (χ1) is 4.79. The molecule has 1 aliphatic heterocycles. The molecule has 4 heteroatoms. The fourth-order valence-corrected chi connectivity index (χ4v) is 3.61. The molecule has 10 heavy (non-hydrogen) atoms. The second kappa shape index (κ2) is 4.60. The standard InChI is InChI=1S/C6H12Cl2OSi/c7-6(8)10-5-3-1-2-4-9-5/h5-6H,1-4,10H2. The third kappa shape index (κ3) is 3.24. The Balaban J connectivity index is 2.13. The molecule has 0 bridgehead atoms. The molecule has 0 spiro atoms. The Morgan fingerprint density at radius 1 is 1.40 bits per heavy atom. The Labute approximate surface area is 73.9 Å². The minimum absolute atomic E-state index is 0.122. The van der Waals surface area contributed by atoms with Crippen LogP contribution in [0.5, 0.6) is 0 Å². The Kier molecular flexibility index (Phi) is 4.07. The number of ether oxygens (including phenoxy) is 1. The van der Waals surface area contributed by atoms with Gasteiger partial charge in [0.05, 0.1) is 14.0 Å². The molecule has 1 nitrogen and oxygen atoms in total. The summed E-state index contributed by atoms with van der Waals surface area (Å²) in [6, 6.07) is 0. The van der Waals surface area contributed by atoms with Crippen molar-refractivity contribution in [3.8, 4) is 0 Å². The van der Waals surface area contributed by atoms with Crippen LogP contribution < -0.4 is 0 Å². The van der Waals surface area contributed by atoms with Crippen LogP contribution in [0.3, 0.4) is 0 Å². The van der Waals surface area contributed by atoms with E-state index in [1.165, 1.54) is 19.3 Å². The van der Waals surface area contributed by atoms with E-state index in [-0.39, 0.29) is 4.46 Å². The SMILES string of the molecule is ClC(Cl)[SiH2]C1CCCCO1. The van der Waals surface area contributed by atoms with E-state index in [2.05, 4.69) is 0 Å². The zero-order valence-electron chi connectivity index (χ0n) is 5.85. The van der Waals surface area contributed by atoms with Crippen LogP contribution in [0, 0.1) is 0 Å². The van der Waals surface area contributed by atoms with Crippen LogP contribution in [0.25, 0.3) is 0 Å². The van der Waals surface area contributed by atoms with Crippen LogP contribution >= 0.6 is 23.2 Å². The third-order valence-corrected chi connectivity index (χ3v) is 4.31. The van der Waals surface area contributed by atoms with E-state index in [0.717, 1.165) is 6.61 Å². The van der Waals surface area contributed by atoms with Gasteiger partial charge in [-0.05, 0) is 19.3 Å². The molecule has 1 unspecified atom stereocenters. The minimum Gasteiger partial charge on any atom is -0.382 e. The van der Waals surface area contributed by atoms with Crippen molar-refractivity contribution in [2.45, 2.75) is 29.4 Å². The lowest BCUT2D eigenvalue weighted by atomic mass is 10.2. The van der Waals surface area contributed by atoms with Gasteiger partial charge in [-0.3, -0.25) is 0 Å². The number of halogens is 2. The Bertz CT molecular complexity index is 93.7. The average molecular weight is 199 g/mol. The van der Waals surface area contributed by atoms with Crippen LogP contribution in [0.15, 0.2) is 0 Å². The van der Waals surface area contributed by atoms with Gasteiger partial charge in [-0.15, -0.1) is 23.2 Å². The summed E-state index contributed by atoms with van der Waals surface area (Å²) in [5.41, 5.74) is 0.453. The predicted octanol–water partition coefficient (Wildman–Crippen LogP) is 1.44. The largest absolute Gasteiger partial charge is 0.382 e. The van der Waals surface area contributed by atoms with Crippen molar-refractivity contribution >= 4 is 32.7 Å². The van der Waals surface area contributed by atoms with Crippen molar-refractivity contribution < 1.29 is 4.74 Å². The van der Waals surface area contributed by atoms with Gasteiger partial charge in [-0.25, -0.2) is 0 Å². The lowest BCUT2D eigenvalue weighted by Crippen LogP contribution is -2.29. The highest BCUT2D eigenvalue weighted by atomic mass is 35.5. The highest BCUT2D eigenvalue weighted by molar-refractivity contribution is 6.69. The van der Waals surface area contributed by atoms with Crippen molar-refractivity contribution in [3.63, 3.8) is 0 Å². The second-order valence-corrected chi connectivity index (χ2v) is 7.13. The van der Waals surface area contributed by atoms with Crippen molar-refractivity contribution in [2.24, 2.45) is 0 Å². The molecule has 1 heterocycles. The van der Waals surface area contributed by atoms with Gasteiger partial charge in [0.15, 0.2) is 0 Å². The van der Waals surface area contributed by atoms with E-state index < -0.39 is 9.52 Å². The van der Waals surface area contributed by atoms with Gasteiger partial charge in [-0.2, -0.15) is 0 Å². The summed E-state index contributed by atoms with van der Waals surface area (Å²) < 4.78 is 5.36. The quantitative estimate of drug-likeness (QED) is 0.483. The first kappa shape index (κ1) is 8.85. The summed E-state index contributed by atoms with van der Waals surface area (Å²) >= 11 is 11.3. The Morgan fingerprint density at radius 3 is 2.70 bits per heavy atom. The molecule has 0 saturated carbocycles. The second-order valence-electron chi connectivity index (χ2n) is 2.62. The highest BCUT2D eigenvalue weighted by Crippen LogP contribution is 2.14. The van der Waals surface area contributed by atoms with Gasteiger partial charge in [-0.1, -0.05) is 0 Å². The molecule has 1 fully saturated rings. The molecular weight excluding hydrogens is 187 g/mol. The molecule has 0 aromatic rings. The van der Waals surface area contributed by atoms with E-state index in [9.17, 15) is 0 Å². The van der Waals surface area contributed by atoms with Crippen molar-refractivity contribution in [3.05, 3.63) is 0 Å². The number of hydrogen-bond donors (Lipinski definition) is 0. The molecule has 0 aliphatic carbocycles. The number of alkyl halides is 2. The first-order valence-corrected chi connectivity index (χ1v) is 6.19. The summed E-state index contributed by atoms with van der Waals surface area (Å²) in [7, 11) is -0.391. The molecule has 1 saturated heterocycles. The molecule has 0 aromatic carbocycles. The minimum atomic E-state index is -0.391. The van der Waals surface area contributed by atoms with Gasteiger partial charge in [0.1, 0.15) is 0 Å². The van der Waals surface area contributed by atoms with Crippen LogP contribution in [-0.4, -0.2) is 26.3 Å². The zero-order chi connectivity index (χ0) is 7.40. The number of rotatable bonds is 2. The van der Waals surface area contributed by atoms with Crippen molar-refractivity contribution in [2.75, 3.05) is 6.61 Å². The highest BCUT2D eigenvalue weighted by Gasteiger charge is 2.16. The van der Waals surface area contributed by atoms with Gasteiger partial charge < -0.3 is 4.74 Å². The predicted molar refractivity (Wildman–Crippen MR) is 47.6 cm³/mol. The first-order valence-electron chi connectivity index (χ1n) is 3.69. The summed E-state index contributed by atoms with van der Waals surface area (Å²) in [6.07, 6.45) is 3.68. The van der Waals surface area contributed by atoms with E-state index in [4.69, 9.17) is 27.9 Å². The maximum atomic E-state index is 5.66. The summed E-state index contributed by atoms with van der Waals surface area (Å²) in [5.74, 6) is 0.